The van der Waals surface area contributed by atoms with E-state index in [2.05, 4.69) is 10.1 Å². The third kappa shape index (κ3) is 2.42. The average molecular weight is 274 g/mol. The van der Waals surface area contributed by atoms with Crippen LogP contribution in [-0.2, 0) is 4.74 Å². The van der Waals surface area contributed by atoms with Gasteiger partial charge in [0.25, 0.3) is 5.89 Å². The molecule has 1 unspecified atom stereocenters. The van der Waals surface area contributed by atoms with Gasteiger partial charge in [-0.2, -0.15) is 4.98 Å². The van der Waals surface area contributed by atoms with Crippen LogP contribution >= 0.6 is 0 Å². The molecular formula is C14H14N2O4. The Morgan fingerprint density at radius 1 is 1.50 bits per heavy atom. The fraction of sp³-hybridized carbons (Fsp3) is 0.357. The van der Waals surface area contributed by atoms with Crippen molar-refractivity contribution in [1.82, 2.24) is 10.1 Å². The Balaban J connectivity index is 1.89. The van der Waals surface area contributed by atoms with Crippen LogP contribution in [0.5, 0.6) is 0 Å². The molecule has 20 heavy (non-hydrogen) atoms. The molecular weight excluding hydrogens is 260 g/mol. The highest BCUT2D eigenvalue weighted by Crippen LogP contribution is 2.42. The van der Waals surface area contributed by atoms with Crippen LogP contribution in [0.1, 0.15) is 35.1 Å². The summed E-state index contributed by atoms with van der Waals surface area (Å²) < 4.78 is 10.6. The number of ether oxygens (including phenoxy) is 1. The SMILES string of the molecule is COC(c1noc(-c2cccc(C(=O)O)c2)n1)C1CC1. The van der Waals surface area contributed by atoms with E-state index >= 15 is 0 Å². The zero-order valence-corrected chi connectivity index (χ0v) is 10.9. The number of nitrogens with zero attached hydrogens (tertiary/aromatic N) is 2. The van der Waals surface area contributed by atoms with Gasteiger partial charge in [-0.3, -0.25) is 0 Å². The second-order valence-corrected chi connectivity index (χ2v) is 4.84. The Kier molecular flexibility index (Phi) is 3.23. The Morgan fingerprint density at radius 2 is 2.30 bits per heavy atom. The molecule has 0 saturated heterocycles. The third-order valence-electron chi connectivity index (χ3n) is 3.36. The summed E-state index contributed by atoms with van der Waals surface area (Å²) in [6.45, 7) is 0. The molecule has 104 valence electrons. The van der Waals surface area contributed by atoms with Crippen molar-refractivity contribution in [2.45, 2.75) is 18.9 Å². The highest BCUT2D eigenvalue weighted by molar-refractivity contribution is 5.88. The fourth-order valence-corrected chi connectivity index (χ4v) is 2.16. The monoisotopic (exact) mass is 274 g/mol. The molecule has 1 aromatic carbocycles. The van der Waals surface area contributed by atoms with Crippen molar-refractivity contribution in [2.24, 2.45) is 5.92 Å². The lowest BCUT2D eigenvalue weighted by Crippen LogP contribution is -2.05. The first-order chi connectivity index (χ1) is 9.69. The second-order valence-electron chi connectivity index (χ2n) is 4.84. The number of hydrogen-bond donors (Lipinski definition) is 1. The van der Waals surface area contributed by atoms with Crippen molar-refractivity contribution in [3.8, 4) is 11.5 Å². The van der Waals surface area contributed by atoms with Crippen LogP contribution in [0.15, 0.2) is 28.8 Å². The highest BCUT2D eigenvalue weighted by atomic mass is 16.5. The first kappa shape index (κ1) is 12.8. The van der Waals surface area contributed by atoms with Gasteiger partial charge in [0.15, 0.2) is 0 Å². The molecule has 3 rings (SSSR count). The van der Waals surface area contributed by atoms with Crippen LogP contribution in [0, 0.1) is 5.92 Å². The van der Waals surface area contributed by atoms with Crippen molar-refractivity contribution >= 4 is 5.97 Å². The van der Waals surface area contributed by atoms with E-state index in [0.717, 1.165) is 12.8 Å². The molecule has 0 bridgehead atoms. The van der Waals surface area contributed by atoms with Crippen LogP contribution in [0.25, 0.3) is 11.5 Å². The van der Waals surface area contributed by atoms with Gasteiger partial charge in [0.2, 0.25) is 5.82 Å². The number of methoxy groups -OCH3 is 1. The average Bonchev–Trinajstić information content (AvgIpc) is 3.17. The molecule has 0 amide bonds. The summed E-state index contributed by atoms with van der Waals surface area (Å²) in [5, 5.41) is 12.9. The summed E-state index contributed by atoms with van der Waals surface area (Å²) in [7, 11) is 1.63. The van der Waals surface area contributed by atoms with Crippen molar-refractivity contribution in [1.29, 1.82) is 0 Å². The Labute approximate surface area is 115 Å². The molecule has 0 radical (unpaired) electrons. The molecule has 6 nitrogen and oxygen atoms in total. The van der Waals surface area contributed by atoms with Gasteiger partial charge in [-0.15, -0.1) is 0 Å². The van der Waals surface area contributed by atoms with Crippen LogP contribution in [0.2, 0.25) is 0 Å². The molecule has 1 heterocycles. The maximum Gasteiger partial charge on any atom is 0.335 e. The topological polar surface area (TPSA) is 85.5 Å². The van der Waals surface area contributed by atoms with Gasteiger partial charge >= 0.3 is 5.97 Å². The zero-order valence-electron chi connectivity index (χ0n) is 10.9. The number of carboxylic acid groups (broad SMARTS) is 1. The van der Waals surface area contributed by atoms with E-state index in [1.54, 1.807) is 19.2 Å². The number of rotatable bonds is 5. The molecule has 1 aliphatic rings. The van der Waals surface area contributed by atoms with Gasteiger partial charge in [0, 0.05) is 12.7 Å². The molecule has 1 saturated carbocycles. The lowest BCUT2D eigenvalue weighted by atomic mass is 10.1. The largest absolute Gasteiger partial charge is 0.478 e. The second kappa shape index (κ2) is 5.05. The maximum absolute atomic E-state index is 11.0. The summed E-state index contributed by atoms with van der Waals surface area (Å²) in [6, 6.07) is 6.42. The Hall–Kier alpha value is -2.21. The van der Waals surface area contributed by atoms with E-state index in [4.69, 9.17) is 14.4 Å². The number of benzene rings is 1. The van der Waals surface area contributed by atoms with Crippen LogP contribution in [-0.4, -0.2) is 28.3 Å². The van der Waals surface area contributed by atoms with Crippen molar-refractivity contribution in [3.63, 3.8) is 0 Å². The molecule has 1 aliphatic carbocycles. The summed E-state index contributed by atoms with van der Waals surface area (Å²) in [6.07, 6.45) is 2.07. The van der Waals surface area contributed by atoms with Crippen LogP contribution in [0.3, 0.4) is 0 Å². The van der Waals surface area contributed by atoms with Gasteiger partial charge in [-0.05, 0) is 37.0 Å². The lowest BCUT2D eigenvalue weighted by molar-refractivity contribution is 0.0697. The Bertz CT molecular complexity index is 634. The predicted octanol–water partition coefficient (Wildman–Crippen LogP) is 2.53. The third-order valence-corrected chi connectivity index (χ3v) is 3.36. The summed E-state index contributed by atoms with van der Waals surface area (Å²) >= 11 is 0. The number of aromatic nitrogens is 2. The summed E-state index contributed by atoms with van der Waals surface area (Å²) in [5.74, 6) is 0.298. The minimum absolute atomic E-state index is 0.143. The predicted molar refractivity (Wildman–Crippen MR) is 69.2 cm³/mol. The number of hydrogen-bond acceptors (Lipinski definition) is 5. The smallest absolute Gasteiger partial charge is 0.335 e. The van der Waals surface area contributed by atoms with Crippen molar-refractivity contribution < 1.29 is 19.2 Å². The van der Waals surface area contributed by atoms with E-state index < -0.39 is 5.97 Å². The number of carboxylic acids is 1. The first-order valence-electron chi connectivity index (χ1n) is 6.39. The van der Waals surface area contributed by atoms with Crippen LogP contribution < -0.4 is 0 Å². The number of aromatic carboxylic acids is 1. The van der Waals surface area contributed by atoms with Crippen LogP contribution in [0.4, 0.5) is 0 Å². The highest BCUT2D eigenvalue weighted by Gasteiger charge is 2.35. The summed E-state index contributed by atoms with van der Waals surface area (Å²) in [4.78, 5) is 15.3. The van der Waals surface area contributed by atoms with E-state index in [-0.39, 0.29) is 11.7 Å². The standard InChI is InChI=1S/C14H14N2O4/c1-19-11(8-5-6-8)12-15-13(20-16-12)9-3-2-4-10(7-9)14(17)18/h2-4,7-8,11H,5-6H2,1H3,(H,17,18). The quantitative estimate of drug-likeness (QED) is 0.901. The van der Waals surface area contributed by atoms with Gasteiger partial charge < -0.3 is 14.4 Å². The molecule has 1 aromatic heterocycles. The zero-order chi connectivity index (χ0) is 14.1. The fourth-order valence-electron chi connectivity index (χ4n) is 2.16. The molecule has 1 N–H and O–H groups in total. The molecule has 1 atom stereocenters. The first-order valence-corrected chi connectivity index (χ1v) is 6.39. The number of carbonyl (C=O) groups is 1. The van der Waals surface area contributed by atoms with Gasteiger partial charge in [-0.1, -0.05) is 11.2 Å². The van der Waals surface area contributed by atoms with E-state index in [0.29, 0.717) is 23.2 Å². The molecule has 0 aliphatic heterocycles. The minimum Gasteiger partial charge on any atom is -0.478 e. The maximum atomic E-state index is 11.0. The van der Waals surface area contributed by atoms with Crippen molar-refractivity contribution in [3.05, 3.63) is 35.7 Å². The van der Waals surface area contributed by atoms with E-state index in [1.807, 2.05) is 0 Å². The Morgan fingerprint density at radius 3 is 2.95 bits per heavy atom. The lowest BCUT2D eigenvalue weighted by Gasteiger charge is -2.08. The molecule has 6 heteroatoms. The van der Waals surface area contributed by atoms with E-state index in [9.17, 15) is 4.79 Å². The van der Waals surface area contributed by atoms with Gasteiger partial charge in [0.05, 0.1) is 5.56 Å². The van der Waals surface area contributed by atoms with E-state index in [1.165, 1.54) is 12.1 Å². The minimum atomic E-state index is -0.987. The normalized spacial score (nSPS) is 16.1. The molecule has 0 spiro atoms. The summed E-state index contributed by atoms with van der Waals surface area (Å²) in [5.41, 5.74) is 0.780. The van der Waals surface area contributed by atoms with Gasteiger partial charge in [-0.25, -0.2) is 4.79 Å². The van der Waals surface area contributed by atoms with Gasteiger partial charge in [0.1, 0.15) is 6.10 Å². The van der Waals surface area contributed by atoms with Crippen molar-refractivity contribution in [2.75, 3.05) is 7.11 Å². The molecule has 1 fully saturated rings. The molecule has 2 aromatic rings.